The van der Waals surface area contributed by atoms with E-state index in [9.17, 15) is 19.5 Å². The van der Waals surface area contributed by atoms with Gasteiger partial charge in [-0.1, -0.05) is 46.0 Å². The molecule has 170 valence electrons. The van der Waals surface area contributed by atoms with Gasteiger partial charge in [0, 0.05) is 19.3 Å². The predicted molar refractivity (Wildman–Crippen MR) is 108 cm³/mol. The predicted octanol–water partition coefficient (Wildman–Crippen LogP) is 2.64. The summed E-state index contributed by atoms with van der Waals surface area (Å²) in [5.41, 5.74) is 0. The van der Waals surface area contributed by atoms with Crippen LogP contribution in [0.5, 0.6) is 0 Å². The monoisotopic (exact) mass is 426 g/mol. The third-order valence-electron chi connectivity index (χ3n) is 4.67. The fourth-order valence-electron chi connectivity index (χ4n) is 2.89. The first-order valence-electron chi connectivity index (χ1n) is 10.8. The van der Waals surface area contributed by atoms with Gasteiger partial charge < -0.3 is 24.1 Å². The summed E-state index contributed by atoms with van der Waals surface area (Å²) in [6, 6.07) is 0. The van der Waals surface area contributed by atoms with Gasteiger partial charge in [0.15, 0.2) is 12.2 Å². The second-order valence-corrected chi connectivity index (χ2v) is 7.29. The number of aliphatic hydroxyl groups is 1. The highest BCUT2D eigenvalue weighted by Gasteiger charge is 2.51. The summed E-state index contributed by atoms with van der Waals surface area (Å²) in [4.78, 5) is 36.6. The van der Waals surface area contributed by atoms with Crippen molar-refractivity contribution in [2.24, 2.45) is 0 Å². The van der Waals surface area contributed by atoms with Gasteiger partial charge in [-0.3, -0.25) is 14.4 Å². The summed E-state index contributed by atoms with van der Waals surface area (Å²) < 4.78 is 21.7. The van der Waals surface area contributed by atoms with E-state index in [1.54, 1.807) is 0 Å². The summed E-state index contributed by atoms with van der Waals surface area (Å²) in [5.74, 6) is 0.569. The van der Waals surface area contributed by atoms with Crippen molar-refractivity contribution in [1.82, 2.24) is 0 Å². The Hall–Kier alpha value is -2.11. The zero-order valence-corrected chi connectivity index (χ0v) is 18.1. The number of hydrogen-bond acceptors (Lipinski definition) is 8. The molecule has 1 unspecified atom stereocenters. The molecular weight excluding hydrogens is 392 g/mol. The van der Waals surface area contributed by atoms with Crippen LogP contribution in [0.4, 0.5) is 0 Å². The molecule has 0 aliphatic carbocycles. The van der Waals surface area contributed by atoms with Crippen LogP contribution in [0, 0.1) is 12.3 Å². The van der Waals surface area contributed by atoms with Gasteiger partial charge in [-0.25, -0.2) is 0 Å². The molecule has 0 aromatic rings. The fourth-order valence-corrected chi connectivity index (χ4v) is 2.89. The minimum Gasteiger partial charge on any atom is -0.455 e. The van der Waals surface area contributed by atoms with Crippen LogP contribution < -0.4 is 0 Å². The molecule has 30 heavy (non-hydrogen) atoms. The Kier molecular flexibility index (Phi) is 12.1. The lowest BCUT2D eigenvalue weighted by molar-refractivity contribution is -0.285. The van der Waals surface area contributed by atoms with Crippen LogP contribution in [0.2, 0.25) is 0 Å². The molecule has 8 nitrogen and oxygen atoms in total. The van der Waals surface area contributed by atoms with Crippen LogP contribution in [-0.2, 0) is 33.3 Å². The average Bonchev–Trinajstić information content (AvgIpc) is 2.73. The summed E-state index contributed by atoms with van der Waals surface area (Å²) in [5, 5.41) is 10.6. The van der Waals surface area contributed by atoms with Gasteiger partial charge in [0.2, 0.25) is 12.4 Å². The minimum atomic E-state index is -1.44. The summed E-state index contributed by atoms with van der Waals surface area (Å²) >= 11 is 0. The standard InChI is InChI=1S/C22H34O8/c1-5-9-12-16(23)28-20-19(26)15(8-4)27-22(30-18(25)14-11-7-3)21(20)29-17(24)13-10-6-2/h4,15,19-22,26H,5-7,9-14H2,1-3H3/t15-,19+,20+,21-,22?/m0/s1. The number of carbonyl (C=O) groups excluding carboxylic acids is 3. The van der Waals surface area contributed by atoms with E-state index >= 15 is 0 Å². The maximum atomic E-state index is 12.3. The molecule has 0 spiro atoms. The molecule has 0 aromatic carbocycles. The lowest BCUT2D eigenvalue weighted by Gasteiger charge is -2.41. The third-order valence-corrected chi connectivity index (χ3v) is 4.67. The lowest BCUT2D eigenvalue weighted by atomic mass is 9.98. The Morgan fingerprint density at radius 2 is 1.27 bits per heavy atom. The quantitative estimate of drug-likeness (QED) is 0.288. The maximum absolute atomic E-state index is 12.3. The van der Waals surface area contributed by atoms with Crippen molar-refractivity contribution in [1.29, 1.82) is 0 Å². The molecule has 0 aromatic heterocycles. The molecule has 1 saturated heterocycles. The molecule has 1 aliphatic heterocycles. The molecule has 0 bridgehead atoms. The van der Waals surface area contributed by atoms with E-state index in [1.165, 1.54) is 0 Å². The van der Waals surface area contributed by atoms with E-state index in [2.05, 4.69) is 5.92 Å². The normalized spacial score (nSPS) is 25.8. The number of rotatable bonds is 12. The van der Waals surface area contributed by atoms with Gasteiger partial charge in [-0.15, -0.1) is 6.42 Å². The van der Waals surface area contributed by atoms with Crippen LogP contribution in [0.25, 0.3) is 0 Å². The highest BCUT2D eigenvalue weighted by atomic mass is 16.7. The highest BCUT2D eigenvalue weighted by molar-refractivity contribution is 5.71. The molecule has 1 fully saturated rings. The minimum absolute atomic E-state index is 0.134. The van der Waals surface area contributed by atoms with Crippen molar-refractivity contribution < 1.29 is 38.4 Å². The summed E-state index contributed by atoms with van der Waals surface area (Å²) in [6.45, 7) is 5.78. The topological polar surface area (TPSA) is 108 Å². The molecule has 8 heteroatoms. The first-order valence-corrected chi connectivity index (χ1v) is 10.8. The van der Waals surface area contributed by atoms with Crippen LogP contribution in [0.3, 0.4) is 0 Å². The summed E-state index contributed by atoms with van der Waals surface area (Å²) in [6.07, 6.45) is 3.40. The summed E-state index contributed by atoms with van der Waals surface area (Å²) in [7, 11) is 0. The number of esters is 3. The maximum Gasteiger partial charge on any atom is 0.308 e. The molecule has 1 N–H and O–H groups in total. The van der Waals surface area contributed by atoms with Gasteiger partial charge in [-0.05, 0) is 19.3 Å². The first-order chi connectivity index (χ1) is 14.4. The van der Waals surface area contributed by atoms with Crippen molar-refractivity contribution in [2.45, 2.75) is 109 Å². The van der Waals surface area contributed by atoms with E-state index in [-0.39, 0.29) is 19.3 Å². The van der Waals surface area contributed by atoms with Gasteiger partial charge in [0.05, 0.1) is 0 Å². The van der Waals surface area contributed by atoms with Crippen LogP contribution >= 0.6 is 0 Å². The SMILES string of the molecule is C#C[C@@H]1OC(OC(=O)CCCC)[C@@H](OC(=O)CCCC)[C@H](OC(=O)CCCC)[C@@H]1O. The van der Waals surface area contributed by atoms with Crippen molar-refractivity contribution in [2.75, 3.05) is 0 Å². The zero-order valence-electron chi connectivity index (χ0n) is 18.1. The Morgan fingerprint density at radius 3 is 1.70 bits per heavy atom. The van der Waals surface area contributed by atoms with Crippen molar-refractivity contribution in [3.63, 3.8) is 0 Å². The zero-order chi connectivity index (χ0) is 22.5. The smallest absolute Gasteiger partial charge is 0.308 e. The van der Waals surface area contributed by atoms with Gasteiger partial charge in [0.1, 0.15) is 6.10 Å². The van der Waals surface area contributed by atoms with E-state index < -0.39 is 48.6 Å². The number of ether oxygens (including phenoxy) is 4. The van der Waals surface area contributed by atoms with Gasteiger partial charge in [-0.2, -0.15) is 0 Å². The molecular formula is C22H34O8. The Balaban J connectivity index is 3.07. The number of carbonyl (C=O) groups is 3. The largest absolute Gasteiger partial charge is 0.455 e. The Morgan fingerprint density at radius 1 is 0.833 bits per heavy atom. The van der Waals surface area contributed by atoms with Crippen LogP contribution in [0.1, 0.15) is 78.6 Å². The number of hydrogen-bond donors (Lipinski definition) is 1. The first kappa shape index (κ1) is 25.9. The van der Waals surface area contributed by atoms with E-state index in [1.807, 2.05) is 20.8 Å². The van der Waals surface area contributed by atoms with Gasteiger partial charge >= 0.3 is 17.9 Å². The molecule has 1 heterocycles. The van der Waals surface area contributed by atoms with Crippen molar-refractivity contribution in [3.8, 4) is 12.3 Å². The van der Waals surface area contributed by atoms with Crippen molar-refractivity contribution >= 4 is 17.9 Å². The molecule has 1 aliphatic rings. The van der Waals surface area contributed by atoms with E-state index in [0.717, 1.165) is 19.3 Å². The Labute approximate surface area is 178 Å². The molecule has 0 saturated carbocycles. The fraction of sp³-hybridized carbons (Fsp3) is 0.773. The van der Waals surface area contributed by atoms with E-state index in [0.29, 0.717) is 19.3 Å². The third kappa shape index (κ3) is 8.33. The molecule has 1 rings (SSSR count). The Bertz CT molecular complexity index is 596. The van der Waals surface area contributed by atoms with E-state index in [4.69, 9.17) is 25.4 Å². The second-order valence-electron chi connectivity index (χ2n) is 7.29. The lowest BCUT2D eigenvalue weighted by Crippen LogP contribution is -2.61. The number of unbranched alkanes of at least 4 members (excludes halogenated alkanes) is 3. The molecule has 0 radical (unpaired) electrons. The van der Waals surface area contributed by atoms with Gasteiger partial charge in [0.25, 0.3) is 0 Å². The highest BCUT2D eigenvalue weighted by Crippen LogP contribution is 2.28. The molecule has 5 atom stereocenters. The van der Waals surface area contributed by atoms with Crippen LogP contribution in [-0.4, -0.2) is 53.7 Å². The second kappa shape index (κ2) is 14.0. The molecule has 0 amide bonds. The van der Waals surface area contributed by atoms with Crippen LogP contribution in [0.15, 0.2) is 0 Å². The van der Waals surface area contributed by atoms with Crippen molar-refractivity contribution in [3.05, 3.63) is 0 Å². The number of aliphatic hydroxyl groups excluding tert-OH is 1. The average molecular weight is 427 g/mol. The number of terminal acetylenes is 1.